The van der Waals surface area contributed by atoms with Gasteiger partial charge in [-0.2, -0.15) is 0 Å². The average Bonchev–Trinajstić information content (AvgIpc) is 1.59. The number of hydrogen-bond acceptors (Lipinski definition) is 25. The number of hydrogen-bond donors (Lipinski definition) is 10. The van der Waals surface area contributed by atoms with Gasteiger partial charge in [-0.25, -0.2) is 9.97 Å². The van der Waals surface area contributed by atoms with E-state index in [1.54, 1.807) is 89.4 Å². The molecule has 40 nitrogen and oxygen atoms in total. The number of imidazole rings is 2. The van der Waals surface area contributed by atoms with Gasteiger partial charge in [0, 0.05) is 145 Å². The largest absolute Gasteiger partial charge is 0.491 e. The van der Waals surface area contributed by atoms with E-state index in [-0.39, 0.29) is 122 Å². The molecule has 0 spiro atoms. The molecule has 8 heterocycles. The Kier molecular flexibility index (Phi) is 45.1. The van der Waals surface area contributed by atoms with Crippen LogP contribution < -0.4 is 57.9 Å². The SMILES string of the molecule is CCCCCCCCCCCCCCCC(=O)Nc1cn(C)c(C(=O)Nc2cc(C(=O)NCCC(=O)Nc3cn(C)c(C(=O)Nc4cc(C(=O)NCCC(=O)Nc5cc(C(=O)NCCC(=O)NCCOCCOCCOCCOCCOCCOCCOCCOCCOc6ccc(NC(=O)CC7N=C(c8ccc(Cl)cc8)c8c(sc(C)c8C)-n8c(C)nnc87)cc6)n(C)c5)n(C)c4)n3)n(C)c2)n1. The van der Waals surface area contributed by atoms with Crippen LogP contribution in [-0.2, 0) is 97.1 Å². The number of anilines is 6. The molecule has 1 unspecified atom stereocenters. The van der Waals surface area contributed by atoms with Crippen LogP contribution in [0, 0.1) is 20.8 Å². The normalized spacial score (nSPS) is 12.2. The third kappa shape index (κ3) is 35.6. The van der Waals surface area contributed by atoms with Crippen LogP contribution in [0.1, 0.15) is 214 Å². The molecule has 7 aromatic heterocycles. The molecule has 1 aliphatic rings. The third-order valence-electron chi connectivity index (χ3n) is 22.2. The fourth-order valence-corrected chi connectivity index (χ4v) is 16.2. The number of carbonyl (C=O) groups excluding carboxylic acids is 10. The Labute approximate surface area is 812 Å². The maximum atomic E-state index is 13.6. The first-order valence-corrected chi connectivity index (χ1v) is 48.2. The van der Waals surface area contributed by atoms with Gasteiger partial charge in [0.1, 0.15) is 46.3 Å². The Bertz CT molecular complexity index is 5480. The molecule has 1 atom stereocenters. The highest BCUT2D eigenvalue weighted by atomic mass is 35.5. The van der Waals surface area contributed by atoms with E-state index in [1.165, 1.54) is 118 Å². The second kappa shape index (κ2) is 57.8. The van der Waals surface area contributed by atoms with Gasteiger partial charge in [0.2, 0.25) is 41.2 Å². The van der Waals surface area contributed by atoms with E-state index in [9.17, 15) is 47.9 Å². The summed E-state index contributed by atoms with van der Waals surface area (Å²) in [5, 5.41) is 38.0. The van der Waals surface area contributed by atoms with Crippen LogP contribution in [0.15, 0.2) is 103 Å². The molecule has 0 radical (unpaired) electrons. The van der Waals surface area contributed by atoms with E-state index < -0.39 is 47.4 Å². The van der Waals surface area contributed by atoms with E-state index in [0.29, 0.717) is 146 Å². The molecule has 0 bridgehead atoms. The van der Waals surface area contributed by atoms with E-state index >= 15 is 0 Å². The van der Waals surface area contributed by atoms with Gasteiger partial charge in [0.15, 0.2) is 17.5 Å². The number of amides is 10. The van der Waals surface area contributed by atoms with Gasteiger partial charge < -0.3 is 119 Å². The number of thiophene rings is 1. The molecule has 10 amide bonds. The molecule has 0 saturated heterocycles. The second-order valence-corrected chi connectivity index (χ2v) is 34.8. The number of rotatable bonds is 65. The third-order valence-corrected chi connectivity index (χ3v) is 23.6. The number of unbranched alkanes of at least 4 members (excludes halogenated alkanes) is 12. The molecule has 2 aromatic carbocycles. The van der Waals surface area contributed by atoms with E-state index in [4.69, 9.17) is 59.2 Å². The number of aryl methyl sites for hydroxylation is 7. The number of carbonyl (C=O) groups is 10. The van der Waals surface area contributed by atoms with Gasteiger partial charge in [0.05, 0.1) is 135 Å². The quantitative estimate of drug-likeness (QED) is 0.0158. The van der Waals surface area contributed by atoms with Gasteiger partial charge in [0.25, 0.3) is 29.5 Å². The lowest BCUT2D eigenvalue weighted by Gasteiger charge is -2.13. The smallest absolute Gasteiger partial charge is 0.291 e. The molecular weight excluding hydrogens is 1820 g/mol. The molecule has 138 heavy (non-hydrogen) atoms. The summed E-state index contributed by atoms with van der Waals surface area (Å²) in [6.07, 6.45) is 23.6. The number of halogens is 1. The zero-order chi connectivity index (χ0) is 98.5. The summed E-state index contributed by atoms with van der Waals surface area (Å²) < 4.78 is 60.0. The summed E-state index contributed by atoms with van der Waals surface area (Å²) in [4.78, 5) is 146. The first kappa shape index (κ1) is 108. The predicted molar refractivity (Wildman–Crippen MR) is 524 cm³/mol. The van der Waals surface area contributed by atoms with Crippen LogP contribution >= 0.6 is 22.9 Å². The van der Waals surface area contributed by atoms with Crippen molar-refractivity contribution in [2.75, 3.05) is 170 Å². The predicted octanol–water partition coefficient (Wildman–Crippen LogP) is 11.2. The number of nitrogens with zero attached hydrogens (tertiary/aromatic N) is 11. The Morgan fingerprint density at radius 3 is 1.25 bits per heavy atom. The number of fused-ring (bicyclic) bond motifs is 3. The molecular formula is C96H132ClN21O19S. The maximum Gasteiger partial charge on any atom is 0.291 e. The molecule has 0 saturated carbocycles. The van der Waals surface area contributed by atoms with Crippen LogP contribution in [-0.4, -0.2) is 251 Å². The van der Waals surface area contributed by atoms with E-state index in [2.05, 4.69) is 94.1 Å². The van der Waals surface area contributed by atoms with Crippen molar-refractivity contribution in [1.29, 1.82) is 0 Å². The minimum absolute atomic E-state index is 0.0165. The molecule has 748 valence electrons. The first-order valence-electron chi connectivity index (χ1n) is 47.0. The lowest BCUT2D eigenvalue weighted by Crippen LogP contribution is -2.33. The maximum absolute atomic E-state index is 13.6. The summed E-state index contributed by atoms with van der Waals surface area (Å²) in [6.45, 7) is 15.0. The van der Waals surface area contributed by atoms with Crippen LogP contribution in [0.2, 0.25) is 5.02 Å². The molecule has 9 aromatic rings. The van der Waals surface area contributed by atoms with Crippen molar-refractivity contribution in [2.24, 2.45) is 40.2 Å². The van der Waals surface area contributed by atoms with Crippen LogP contribution in [0.5, 0.6) is 5.75 Å². The van der Waals surface area contributed by atoms with Crippen molar-refractivity contribution < 1.29 is 90.6 Å². The summed E-state index contributed by atoms with van der Waals surface area (Å²) in [5.74, 6) is -2.02. The van der Waals surface area contributed by atoms with Gasteiger partial charge in [-0.05, 0) is 87.4 Å². The second-order valence-electron chi connectivity index (χ2n) is 33.1. The van der Waals surface area contributed by atoms with Crippen LogP contribution in [0.25, 0.3) is 5.00 Å². The topological polar surface area (TPSA) is 468 Å². The lowest BCUT2D eigenvalue weighted by molar-refractivity contribution is -0.121. The summed E-state index contributed by atoms with van der Waals surface area (Å²) in [6, 6.07) is 18.6. The zero-order valence-corrected chi connectivity index (χ0v) is 81.9. The molecule has 0 fully saturated rings. The van der Waals surface area contributed by atoms with Gasteiger partial charge in [-0.1, -0.05) is 108 Å². The lowest BCUT2D eigenvalue weighted by atomic mass is 9.99. The molecule has 10 N–H and O–H groups in total. The minimum atomic E-state index is -0.645. The van der Waals surface area contributed by atoms with Crippen molar-refractivity contribution in [3.8, 4) is 10.8 Å². The highest BCUT2D eigenvalue weighted by Gasteiger charge is 2.34. The number of aliphatic imine (C=N–C) groups is 1. The number of ether oxygens (including phenoxy) is 9. The zero-order valence-electron chi connectivity index (χ0n) is 80.4. The van der Waals surface area contributed by atoms with Crippen molar-refractivity contribution >= 4 is 122 Å². The van der Waals surface area contributed by atoms with Gasteiger partial charge in [-0.15, -0.1) is 21.5 Å². The molecule has 1 aliphatic heterocycles. The number of aromatic nitrogens is 10. The van der Waals surface area contributed by atoms with Crippen molar-refractivity contribution in [1.82, 2.24) is 68.8 Å². The Balaban J connectivity index is 0.471. The number of nitrogens with one attached hydrogen (secondary N) is 10. The summed E-state index contributed by atoms with van der Waals surface area (Å²) in [7, 11) is 8.07. The molecule has 42 heteroatoms. The van der Waals surface area contributed by atoms with E-state index in [1.807, 2.05) is 35.8 Å². The summed E-state index contributed by atoms with van der Waals surface area (Å²) >= 11 is 7.92. The summed E-state index contributed by atoms with van der Waals surface area (Å²) in [5.41, 5.74) is 5.94. The minimum Gasteiger partial charge on any atom is -0.491 e. The fourth-order valence-electron chi connectivity index (χ4n) is 14.9. The molecule has 10 rings (SSSR count). The van der Waals surface area contributed by atoms with Gasteiger partial charge in [-0.3, -0.25) is 57.5 Å². The highest BCUT2D eigenvalue weighted by Crippen LogP contribution is 2.40. The van der Waals surface area contributed by atoms with Crippen LogP contribution in [0.3, 0.4) is 0 Å². The van der Waals surface area contributed by atoms with Crippen molar-refractivity contribution in [3.05, 3.63) is 165 Å². The molecule has 0 aliphatic carbocycles. The standard InChI is InChI=1S/C96H132ClN21O19S/c1-10-11-12-13-14-15-16-17-18-19-20-21-22-23-82(120)107-79-63-116(8)89(109-79)94(127)104-73-58-78(115(7)62-73)93(126)101-37-34-84(122)108-80-64-117(9)90(110-80)95(128)105-72-57-77(114(6)61-72)92(125)100-36-33-83(121)103-71-56-76(113(5)60-71)91(124)99-35-32-81(119)98-38-39-129-40-41-130-42-43-131-44-45-132-46-47-133-48-49-134-50-51-135-52-53-136-54-55-137-74-30-28-70(29-31-74)102-85(123)59-75-88-112-111-67(4)118(88)96-86(65(2)66(3)138-96)87(106-75)68-24-26-69(97)27-25-68/h24-31,56-58,60-64,75H,10-23,32-55,59H2,1-9H3,(H,98,119)(H,99,124)(H,100,125)(H,101,126)(H,102,123)(H,103,121)(H,104,127)(H,105,128)(H,107,120)(H,108,122). The fraction of sp³-hybridized carbons (Fsp3) is 0.510. The van der Waals surface area contributed by atoms with Crippen LogP contribution in [0.4, 0.5) is 34.4 Å². The van der Waals surface area contributed by atoms with Crippen molar-refractivity contribution in [3.63, 3.8) is 0 Å². The number of benzene rings is 2. The highest BCUT2D eigenvalue weighted by molar-refractivity contribution is 7.15. The van der Waals surface area contributed by atoms with Gasteiger partial charge >= 0.3 is 0 Å². The van der Waals surface area contributed by atoms with Crippen molar-refractivity contribution in [2.45, 2.75) is 149 Å². The Hall–Kier alpha value is -12.3. The van der Waals surface area contributed by atoms with E-state index in [0.717, 1.165) is 57.4 Å². The average molecular weight is 1950 g/mol. The Morgan fingerprint density at radius 2 is 0.790 bits per heavy atom. The Morgan fingerprint density at radius 1 is 0.391 bits per heavy atom. The monoisotopic (exact) mass is 1950 g/mol. The first-order chi connectivity index (χ1) is 66.8.